The van der Waals surface area contributed by atoms with E-state index in [0.29, 0.717) is 5.56 Å². The van der Waals surface area contributed by atoms with Crippen molar-refractivity contribution in [2.75, 3.05) is 6.54 Å². The molecular weight excluding hydrogens is 309 g/mol. The Balaban J connectivity index is 1.89. The highest BCUT2D eigenvalue weighted by Crippen LogP contribution is 2.27. The normalized spacial score (nSPS) is 19.6. The van der Waals surface area contributed by atoms with Gasteiger partial charge in [0.15, 0.2) is 0 Å². The van der Waals surface area contributed by atoms with Gasteiger partial charge < -0.3 is 10.3 Å². The summed E-state index contributed by atoms with van der Waals surface area (Å²) < 4.78 is 14.7. The fraction of sp³-hybridized carbons (Fsp3) is 0.357. The van der Waals surface area contributed by atoms with Gasteiger partial charge in [0.05, 0.1) is 17.9 Å². The molecule has 0 radical (unpaired) electrons. The van der Waals surface area contributed by atoms with Gasteiger partial charge in [-0.25, -0.2) is 9.37 Å². The Morgan fingerprint density at radius 2 is 2.21 bits per heavy atom. The zero-order valence-electron chi connectivity index (χ0n) is 10.4. The lowest BCUT2D eigenvalue weighted by molar-refractivity contribution is 0.399. The number of H-pyrrole nitrogens is 1. The summed E-state index contributed by atoms with van der Waals surface area (Å²) in [4.78, 5) is 7.62. The van der Waals surface area contributed by atoms with Crippen LogP contribution in [-0.4, -0.2) is 16.5 Å². The molecule has 5 heteroatoms. The average molecular weight is 324 g/mol. The minimum atomic E-state index is -0.241. The van der Waals surface area contributed by atoms with Crippen molar-refractivity contribution in [3.05, 3.63) is 40.5 Å². The first-order valence-corrected chi connectivity index (χ1v) is 7.27. The number of piperidine rings is 1. The molecule has 1 fully saturated rings. The summed E-state index contributed by atoms with van der Waals surface area (Å²) in [5.41, 5.74) is 1.27. The third-order valence-corrected chi connectivity index (χ3v) is 3.95. The molecule has 0 bridgehead atoms. The largest absolute Gasteiger partial charge is 0.341 e. The summed E-state index contributed by atoms with van der Waals surface area (Å²) >= 11 is 3.36. The minimum Gasteiger partial charge on any atom is -0.341 e. The van der Waals surface area contributed by atoms with Gasteiger partial charge in [-0.2, -0.15) is 0 Å². The second-order valence-corrected chi connectivity index (χ2v) is 5.72. The highest BCUT2D eigenvalue weighted by Gasteiger charge is 2.18. The summed E-state index contributed by atoms with van der Waals surface area (Å²) in [5.74, 6) is 0.657. The zero-order chi connectivity index (χ0) is 13.2. The van der Waals surface area contributed by atoms with Crippen molar-refractivity contribution in [3.8, 4) is 11.3 Å². The van der Waals surface area contributed by atoms with Crippen LogP contribution in [0, 0.1) is 5.82 Å². The van der Waals surface area contributed by atoms with Crippen molar-refractivity contribution >= 4 is 15.9 Å². The smallest absolute Gasteiger partial charge is 0.132 e. The Kier molecular flexibility index (Phi) is 3.66. The first-order chi connectivity index (χ1) is 9.24. The van der Waals surface area contributed by atoms with Gasteiger partial charge in [-0.15, -0.1) is 0 Å². The van der Waals surface area contributed by atoms with Crippen LogP contribution in [0.3, 0.4) is 0 Å². The molecule has 1 aromatic carbocycles. The zero-order valence-corrected chi connectivity index (χ0v) is 12.0. The van der Waals surface area contributed by atoms with Crippen LogP contribution in [0.15, 0.2) is 28.9 Å². The van der Waals surface area contributed by atoms with Crippen LogP contribution < -0.4 is 5.32 Å². The summed E-state index contributed by atoms with van der Waals surface area (Å²) in [6.45, 7) is 1.02. The predicted molar refractivity (Wildman–Crippen MR) is 76.3 cm³/mol. The van der Waals surface area contributed by atoms with Crippen molar-refractivity contribution < 1.29 is 4.39 Å². The van der Waals surface area contributed by atoms with Gasteiger partial charge in [0.25, 0.3) is 0 Å². The molecule has 2 heterocycles. The van der Waals surface area contributed by atoms with Crippen LogP contribution in [-0.2, 0) is 0 Å². The van der Waals surface area contributed by atoms with Crippen molar-refractivity contribution in [1.82, 2.24) is 15.3 Å². The van der Waals surface area contributed by atoms with Crippen molar-refractivity contribution in [2.24, 2.45) is 0 Å². The molecule has 3 rings (SSSR count). The fourth-order valence-electron chi connectivity index (χ4n) is 2.44. The topological polar surface area (TPSA) is 40.7 Å². The number of rotatable bonds is 2. The maximum Gasteiger partial charge on any atom is 0.132 e. The van der Waals surface area contributed by atoms with E-state index < -0.39 is 0 Å². The lowest BCUT2D eigenvalue weighted by Gasteiger charge is -2.21. The lowest BCUT2D eigenvalue weighted by atomic mass is 10.0. The predicted octanol–water partition coefficient (Wildman–Crippen LogP) is 3.79. The Labute approximate surface area is 119 Å². The van der Waals surface area contributed by atoms with Gasteiger partial charge in [0.1, 0.15) is 11.6 Å². The average Bonchev–Trinajstić information content (AvgIpc) is 2.92. The van der Waals surface area contributed by atoms with E-state index in [-0.39, 0.29) is 11.9 Å². The third-order valence-electron chi connectivity index (χ3n) is 3.45. The van der Waals surface area contributed by atoms with Gasteiger partial charge in [-0.3, -0.25) is 0 Å². The minimum absolute atomic E-state index is 0.241. The van der Waals surface area contributed by atoms with E-state index in [2.05, 4.69) is 31.2 Å². The number of nitrogens with zero attached hydrogens (tertiary/aromatic N) is 1. The third kappa shape index (κ3) is 2.72. The summed E-state index contributed by atoms with van der Waals surface area (Å²) in [6.07, 6.45) is 5.20. The van der Waals surface area contributed by atoms with Crippen molar-refractivity contribution in [2.45, 2.75) is 25.3 Å². The standard InChI is InChI=1S/C14H15BrFN3/c15-9-4-5-11(16)10(7-9)13-8-18-14(19-13)12-3-1-2-6-17-12/h4-5,7-8,12,17H,1-3,6H2,(H,18,19). The van der Waals surface area contributed by atoms with Crippen LogP contribution in [0.25, 0.3) is 11.3 Å². The Hall–Kier alpha value is -1.20. The van der Waals surface area contributed by atoms with Crippen LogP contribution in [0.1, 0.15) is 31.1 Å². The van der Waals surface area contributed by atoms with Gasteiger partial charge in [0, 0.05) is 10.0 Å². The maximum absolute atomic E-state index is 13.8. The number of benzene rings is 1. The van der Waals surface area contributed by atoms with E-state index in [1.807, 2.05) is 0 Å². The highest BCUT2D eigenvalue weighted by atomic mass is 79.9. The molecule has 0 aliphatic carbocycles. The Morgan fingerprint density at radius 3 is 3.00 bits per heavy atom. The van der Waals surface area contributed by atoms with Crippen LogP contribution in [0.5, 0.6) is 0 Å². The number of aromatic amines is 1. The van der Waals surface area contributed by atoms with E-state index >= 15 is 0 Å². The first-order valence-electron chi connectivity index (χ1n) is 6.48. The summed E-state index contributed by atoms with van der Waals surface area (Å²) in [7, 11) is 0. The van der Waals surface area contributed by atoms with E-state index in [9.17, 15) is 4.39 Å². The molecule has 100 valence electrons. The van der Waals surface area contributed by atoms with Crippen LogP contribution >= 0.6 is 15.9 Å². The first kappa shape index (κ1) is 12.8. The molecule has 1 aromatic heterocycles. The second-order valence-electron chi connectivity index (χ2n) is 4.81. The number of hydrogen-bond acceptors (Lipinski definition) is 2. The number of hydrogen-bond donors (Lipinski definition) is 2. The van der Waals surface area contributed by atoms with Crippen LogP contribution in [0.4, 0.5) is 4.39 Å². The lowest BCUT2D eigenvalue weighted by Crippen LogP contribution is -2.27. The molecule has 0 amide bonds. The number of nitrogens with one attached hydrogen (secondary N) is 2. The molecule has 2 aromatic rings. The molecule has 1 unspecified atom stereocenters. The molecule has 3 nitrogen and oxygen atoms in total. The number of imidazole rings is 1. The Morgan fingerprint density at radius 1 is 1.32 bits per heavy atom. The summed E-state index contributed by atoms with van der Waals surface area (Å²) in [6, 6.07) is 5.18. The SMILES string of the molecule is Fc1ccc(Br)cc1-c1cnc(C2CCCCN2)[nH]1. The molecule has 2 N–H and O–H groups in total. The molecule has 1 atom stereocenters. The molecule has 1 aliphatic heterocycles. The number of halogens is 2. The van der Waals surface area contributed by atoms with E-state index in [4.69, 9.17) is 0 Å². The molecule has 0 spiro atoms. The highest BCUT2D eigenvalue weighted by molar-refractivity contribution is 9.10. The molecule has 1 aliphatic rings. The van der Waals surface area contributed by atoms with Gasteiger partial charge in [-0.05, 0) is 37.6 Å². The second kappa shape index (κ2) is 5.43. The number of aromatic nitrogens is 2. The van der Waals surface area contributed by atoms with E-state index in [1.165, 1.54) is 18.9 Å². The Bertz CT molecular complexity index is 576. The van der Waals surface area contributed by atoms with E-state index in [1.54, 1.807) is 18.3 Å². The quantitative estimate of drug-likeness (QED) is 0.882. The fourth-order valence-corrected chi connectivity index (χ4v) is 2.80. The molecule has 0 saturated carbocycles. The summed E-state index contributed by atoms with van der Waals surface area (Å²) in [5, 5.41) is 3.43. The molecule has 1 saturated heterocycles. The van der Waals surface area contributed by atoms with Gasteiger partial charge in [0.2, 0.25) is 0 Å². The monoisotopic (exact) mass is 323 g/mol. The van der Waals surface area contributed by atoms with E-state index in [0.717, 1.165) is 29.0 Å². The van der Waals surface area contributed by atoms with Gasteiger partial charge in [-0.1, -0.05) is 22.4 Å². The molecule has 19 heavy (non-hydrogen) atoms. The van der Waals surface area contributed by atoms with Crippen LogP contribution in [0.2, 0.25) is 0 Å². The molecular formula is C14H15BrFN3. The van der Waals surface area contributed by atoms with Gasteiger partial charge >= 0.3 is 0 Å². The van der Waals surface area contributed by atoms with Crippen molar-refractivity contribution in [3.63, 3.8) is 0 Å². The maximum atomic E-state index is 13.8. The van der Waals surface area contributed by atoms with Crippen molar-refractivity contribution in [1.29, 1.82) is 0 Å².